The summed E-state index contributed by atoms with van der Waals surface area (Å²) in [6.07, 6.45) is 0. The van der Waals surface area contributed by atoms with Crippen LogP contribution >= 0.6 is 11.8 Å². The third kappa shape index (κ3) is 3.56. The van der Waals surface area contributed by atoms with E-state index in [4.69, 9.17) is 10.5 Å². The molecule has 128 valence electrons. The fourth-order valence-corrected chi connectivity index (χ4v) is 3.21. The first kappa shape index (κ1) is 17.2. The van der Waals surface area contributed by atoms with E-state index in [2.05, 4.69) is 9.97 Å². The molecule has 0 atom stereocenters. The van der Waals surface area contributed by atoms with E-state index in [0.29, 0.717) is 27.3 Å². The van der Waals surface area contributed by atoms with Crippen LogP contribution in [0.5, 0.6) is 0 Å². The van der Waals surface area contributed by atoms with Gasteiger partial charge in [0.1, 0.15) is 5.82 Å². The van der Waals surface area contributed by atoms with Crippen LogP contribution < -0.4 is 5.73 Å². The maximum atomic E-state index is 14.5. The molecule has 0 aliphatic rings. The molecule has 3 rings (SSSR count). The van der Waals surface area contributed by atoms with Crippen molar-refractivity contribution >= 4 is 34.5 Å². The van der Waals surface area contributed by atoms with Crippen molar-refractivity contribution < 1.29 is 13.9 Å². The molecule has 0 aliphatic heterocycles. The summed E-state index contributed by atoms with van der Waals surface area (Å²) in [5.74, 6) is -1.01. The Bertz CT molecular complexity index is 962. The lowest BCUT2D eigenvalue weighted by Gasteiger charge is -2.09. The zero-order valence-electron chi connectivity index (χ0n) is 13.7. The maximum Gasteiger partial charge on any atom is 0.358 e. The molecule has 25 heavy (non-hydrogen) atoms. The summed E-state index contributed by atoms with van der Waals surface area (Å²) in [5, 5.41) is 0. The number of nitrogens with zero attached hydrogens (tertiary/aromatic N) is 2. The Balaban J connectivity index is 2.03. The van der Waals surface area contributed by atoms with Gasteiger partial charge < -0.3 is 10.5 Å². The summed E-state index contributed by atoms with van der Waals surface area (Å²) in [6, 6.07) is 10.1. The number of anilines is 1. The number of nitrogens with two attached hydrogens (primary N) is 1. The Morgan fingerprint density at radius 2 is 1.92 bits per heavy atom. The summed E-state index contributed by atoms with van der Waals surface area (Å²) in [7, 11) is 0. The molecule has 3 aromatic rings. The zero-order valence-corrected chi connectivity index (χ0v) is 14.6. The largest absolute Gasteiger partial charge is 0.461 e. The summed E-state index contributed by atoms with van der Waals surface area (Å²) in [5.41, 5.74) is 7.83. The molecule has 2 aromatic carbocycles. The molecule has 5 nitrogen and oxygen atoms in total. The van der Waals surface area contributed by atoms with Crippen molar-refractivity contribution in [2.45, 2.75) is 23.6 Å². The molecule has 0 aliphatic carbocycles. The van der Waals surface area contributed by atoms with E-state index in [1.807, 2.05) is 18.2 Å². The van der Waals surface area contributed by atoms with Gasteiger partial charge in [-0.25, -0.2) is 19.2 Å². The minimum Gasteiger partial charge on any atom is -0.461 e. The molecule has 1 aromatic heterocycles. The van der Waals surface area contributed by atoms with Gasteiger partial charge in [0.05, 0.1) is 28.2 Å². The van der Waals surface area contributed by atoms with Gasteiger partial charge >= 0.3 is 5.97 Å². The highest BCUT2D eigenvalue weighted by atomic mass is 32.2. The number of rotatable bonds is 4. The molecular formula is C18H16FN3O2S. The lowest BCUT2D eigenvalue weighted by molar-refractivity contribution is 0.0518. The van der Waals surface area contributed by atoms with Gasteiger partial charge in [0.15, 0.2) is 5.69 Å². The number of ether oxygens (including phenoxy) is 1. The van der Waals surface area contributed by atoms with Gasteiger partial charge in [0, 0.05) is 16.6 Å². The lowest BCUT2D eigenvalue weighted by atomic mass is 10.2. The van der Waals surface area contributed by atoms with E-state index >= 15 is 0 Å². The zero-order chi connectivity index (χ0) is 18.0. The first-order valence-corrected chi connectivity index (χ1v) is 8.48. The predicted octanol–water partition coefficient (Wildman–Crippen LogP) is 3.99. The van der Waals surface area contributed by atoms with Gasteiger partial charge in [-0.2, -0.15) is 0 Å². The molecule has 0 radical (unpaired) electrons. The van der Waals surface area contributed by atoms with Crippen molar-refractivity contribution in [3.8, 4) is 0 Å². The molecule has 7 heteroatoms. The maximum absolute atomic E-state index is 14.5. The summed E-state index contributed by atoms with van der Waals surface area (Å²) >= 11 is 1.22. The first-order chi connectivity index (χ1) is 12.0. The van der Waals surface area contributed by atoms with Crippen LogP contribution in [0.1, 0.15) is 23.1 Å². The van der Waals surface area contributed by atoms with Gasteiger partial charge in [-0.1, -0.05) is 23.9 Å². The van der Waals surface area contributed by atoms with Crippen LogP contribution in [-0.4, -0.2) is 22.5 Å². The lowest BCUT2D eigenvalue weighted by Crippen LogP contribution is -2.11. The van der Waals surface area contributed by atoms with Gasteiger partial charge in [-0.3, -0.25) is 0 Å². The fourth-order valence-electron chi connectivity index (χ4n) is 2.31. The smallest absolute Gasteiger partial charge is 0.358 e. The van der Waals surface area contributed by atoms with Crippen LogP contribution in [0.4, 0.5) is 10.1 Å². The highest BCUT2D eigenvalue weighted by Crippen LogP contribution is 2.35. The van der Waals surface area contributed by atoms with Crippen molar-refractivity contribution in [1.29, 1.82) is 0 Å². The van der Waals surface area contributed by atoms with Crippen molar-refractivity contribution in [3.63, 3.8) is 0 Å². The third-order valence-electron chi connectivity index (χ3n) is 3.50. The molecule has 0 saturated carbocycles. The molecule has 0 saturated heterocycles. The Kier molecular flexibility index (Phi) is 4.85. The fraction of sp³-hybridized carbons (Fsp3) is 0.167. The second-order valence-electron chi connectivity index (χ2n) is 5.29. The molecule has 2 N–H and O–H groups in total. The molecule has 1 heterocycles. The standard InChI is InChI=1S/C18H16FN3O2S/c1-3-24-18(23)17-10(2)21-14-9-16(11(19)8-13(14)22-17)25-15-7-5-4-6-12(15)20/h4-9H,3,20H2,1-2H3. The van der Waals surface area contributed by atoms with E-state index in [1.54, 1.807) is 26.0 Å². The first-order valence-electron chi connectivity index (χ1n) is 7.67. The number of hydrogen-bond donors (Lipinski definition) is 1. The molecular weight excluding hydrogens is 341 g/mol. The molecule has 0 spiro atoms. The van der Waals surface area contributed by atoms with Crippen LogP contribution in [0, 0.1) is 12.7 Å². The average molecular weight is 357 g/mol. The average Bonchev–Trinajstić information content (AvgIpc) is 2.57. The van der Waals surface area contributed by atoms with Gasteiger partial charge in [-0.15, -0.1) is 0 Å². The van der Waals surface area contributed by atoms with Crippen LogP contribution in [0.25, 0.3) is 11.0 Å². The Morgan fingerprint density at radius 1 is 1.20 bits per heavy atom. The van der Waals surface area contributed by atoms with Crippen LogP contribution in [-0.2, 0) is 4.74 Å². The number of nitrogen functional groups attached to an aromatic ring is 1. The molecule has 0 fully saturated rings. The number of aromatic nitrogens is 2. The number of carbonyl (C=O) groups is 1. The number of halogens is 1. The third-order valence-corrected chi connectivity index (χ3v) is 4.62. The normalized spacial score (nSPS) is 10.8. The molecule has 0 unspecified atom stereocenters. The number of benzene rings is 2. The van der Waals surface area contributed by atoms with Crippen molar-refractivity contribution in [2.24, 2.45) is 0 Å². The SMILES string of the molecule is CCOC(=O)c1nc2cc(F)c(Sc3ccccc3N)cc2nc1C. The Labute approximate surface area is 148 Å². The van der Waals surface area contributed by atoms with Gasteiger partial charge in [-0.05, 0) is 32.0 Å². The number of hydrogen-bond acceptors (Lipinski definition) is 6. The van der Waals surface area contributed by atoms with Gasteiger partial charge in [0.2, 0.25) is 0 Å². The van der Waals surface area contributed by atoms with Crippen LogP contribution in [0.3, 0.4) is 0 Å². The van der Waals surface area contributed by atoms with Crippen LogP contribution in [0.15, 0.2) is 46.2 Å². The second-order valence-corrected chi connectivity index (χ2v) is 6.37. The second kappa shape index (κ2) is 7.06. The Morgan fingerprint density at radius 3 is 2.64 bits per heavy atom. The summed E-state index contributed by atoms with van der Waals surface area (Å²) in [6.45, 7) is 3.62. The van der Waals surface area contributed by atoms with E-state index in [-0.39, 0.29) is 12.3 Å². The summed E-state index contributed by atoms with van der Waals surface area (Å²) in [4.78, 5) is 21.6. The summed E-state index contributed by atoms with van der Waals surface area (Å²) < 4.78 is 19.4. The van der Waals surface area contributed by atoms with Crippen molar-refractivity contribution in [3.05, 3.63) is 53.6 Å². The highest BCUT2D eigenvalue weighted by Gasteiger charge is 2.17. The minimum atomic E-state index is -0.565. The monoisotopic (exact) mass is 357 g/mol. The number of para-hydroxylation sites is 1. The number of esters is 1. The van der Waals surface area contributed by atoms with Crippen LogP contribution in [0.2, 0.25) is 0 Å². The van der Waals surface area contributed by atoms with E-state index in [1.165, 1.54) is 17.8 Å². The number of aryl methyl sites for hydroxylation is 1. The number of carbonyl (C=O) groups excluding carboxylic acids is 1. The number of fused-ring (bicyclic) bond motifs is 1. The quantitative estimate of drug-likeness (QED) is 0.562. The van der Waals surface area contributed by atoms with Crippen molar-refractivity contribution in [1.82, 2.24) is 9.97 Å². The van der Waals surface area contributed by atoms with Crippen molar-refractivity contribution in [2.75, 3.05) is 12.3 Å². The minimum absolute atomic E-state index is 0.0986. The van der Waals surface area contributed by atoms with E-state index in [0.717, 1.165) is 4.90 Å². The predicted molar refractivity (Wildman–Crippen MR) is 95.2 cm³/mol. The topological polar surface area (TPSA) is 78.1 Å². The highest BCUT2D eigenvalue weighted by molar-refractivity contribution is 7.99. The molecule has 0 amide bonds. The Hall–Kier alpha value is -2.67. The van der Waals surface area contributed by atoms with Gasteiger partial charge in [0.25, 0.3) is 0 Å². The molecule has 0 bridgehead atoms. The van der Waals surface area contributed by atoms with E-state index < -0.39 is 11.8 Å². The van der Waals surface area contributed by atoms with E-state index in [9.17, 15) is 9.18 Å².